The van der Waals surface area contributed by atoms with Gasteiger partial charge >= 0.3 is 0 Å². The van der Waals surface area contributed by atoms with Crippen LogP contribution in [0.4, 0.5) is 4.39 Å². The summed E-state index contributed by atoms with van der Waals surface area (Å²) >= 11 is 0. The van der Waals surface area contributed by atoms with E-state index in [0.29, 0.717) is 5.92 Å². The molecule has 0 unspecified atom stereocenters. The molecule has 0 N–H and O–H groups in total. The maximum absolute atomic E-state index is 14.1. The zero-order chi connectivity index (χ0) is 21.2. The van der Waals surface area contributed by atoms with Gasteiger partial charge in [0.1, 0.15) is 5.82 Å². The number of unbranched alkanes of at least 4 members (excludes halogenated alkanes) is 3. The van der Waals surface area contributed by atoms with Gasteiger partial charge in [-0.3, -0.25) is 0 Å². The Balaban J connectivity index is 1.39. The van der Waals surface area contributed by atoms with Gasteiger partial charge in [0.05, 0.1) is 0 Å². The summed E-state index contributed by atoms with van der Waals surface area (Å²) in [7, 11) is 0. The Morgan fingerprint density at radius 1 is 0.833 bits per heavy atom. The van der Waals surface area contributed by atoms with Crippen molar-refractivity contribution in [2.45, 2.75) is 110 Å². The van der Waals surface area contributed by atoms with Gasteiger partial charge < -0.3 is 0 Å². The predicted octanol–water partition coefficient (Wildman–Crippen LogP) is 8.71. The van der Waals surface area contributed by atoms with Gasteiger partial charge in [-0.25, -0.2) is 4.39 Å². The van der Waals surface area contributed by atoms with Crippen LogP contribution in [0.1, 0.15) is 115 Å². The van der Waals surface area contributed by atoms with Crippen LogP contribution in [-0.2, 0) is 6.42 Å². The van der Waals surface area contributed by atoms with Crippen LogP contribution in [0.25, 0.3) is 0 Å². The highest BCUT2D eigenvalue weighted by atomic mass is 19.1. The lowest BCUT2D eigenvalue weighted by Gasteiger charge is -2.37. The van der Waals surface area contributed by atoms with Crippen molar-refractivity contribution in [2.75, 3.05) is 0 Å². The Bertz CT molecular complexity index is 678. The molecular formula is C29H43F. The number of rotatable bonds is 8. The van der Waals surface area contributed by atoms with Gasteiger partial charge in [-0.05, 0) is 80.4 Å². The molecular weight excluding hydrogens is 367 g/mol. The van der Waals surface area contributed by atoms with Gasteiger partial charge in [-0.15, -0.1) is 0 Å². The van der Waals surface area contributed by atoms with E-state index in [2.05, 4.69) is 25.7 Å². The van der Waals surface area contributed by atoms with Gasteiger partial charge in [-0.1, -0.05) is 83.1 Å². The zero-order valence-electron chi connectivity index (χ0n) is 19.5. The van der Waals surface area contributed by atoms with Crippen LogP contribution in [0.3, 0.4) is 0 Å². The summed E-state index contributed by atoms with van der Waals surface area (Å²) in [6, 6.07) is 5.54. The molecule has 30 heavy (non-hydrogen) atoms. The molecule has 2 fully saturated rings. The SMILES string of the molecule is CCCCCCC1CCC(C2CCC(C#Cc3ccc(CCC)c(F)c3)CC2)CC1. The molecule has 2 aliphatic rings. The summed E-state index contributed by atoms with van der Waals surface area (Å²) in [6.45, 7) is 4.39. The topological polar surface area (TPSA) is 0 Å². The van der Waals surface area contributed by atoms with E-state index in [9.17, 15) is 4.39 Å². The number of halogens is 1. The third kappa shape index (κ3) is 7.14. The van der Waals surface area contributed by atoms with E-state index in [0.717, 1.165) is 41.7 Å². The van der Waals surface area contributed by atoms with Crippen molar-refractivity contribution in [3.05, 3.63) is 35.1 Å². The molecule has 1 aromatic carbocycles. The molecule has 0 bridgehead atoms. The predicted molar refractivity (Wildman–Crippen MR) is 127 cm³/mol. The zero-order valence-corrected chi connectivity index (χ0v) is 19.5. The molecule has 0 spiro atoms. The molecule has 3 rings (SSSR count). The van der Waals surface area contributed by atoms with Gasteiger partial charge in [-0.2, -0.15) is 0 Å². The van der Waals surface area contributed by atoms with E-state index in [1.807, 2.05) is 12.1 Å². The fourth-order valence-electron chi connectivity index (χ4n) is 5.83. The minimum atomic E-state index is -0.0895. The Morgan fingerprint density at radius 3 is 2.17 bits per heavy atom. The second kappa shape index (κ2) is 12.5. The molecule has 0 nitrogen and oxygen atoms in total. The Hall–Kier alpha value is -1.29. The van der Waals surface area contributed by atoms with Crippen molar-refractivity contribution in [1.82, 2.24) is 0 Å². The maximum atomic E-state index is 14.1. The summed E-state index contributed by atoms with van der Waals surface area (Å²) in [6.07, 6.45) is 20.0. The summed E-state index contributed by atoms with van der Waals surface area (Å²) in [4.78, 5) is 0. The number of hydrogen-bond acceptors (Lipinski definition) is 0. The third-order valence-electron chi connectivity index (χ3n) is 7.79. The number of benzene rings is 1. The standard InChI is InChI=1S/C29H43F/c1-3-5-6-7-9-23-12-17-26(18-13-23)27-19-14-24(15-20-27)10-11-25-16-21-28(8-4-2)29(30)22-25/h16,21-24,26-27H,3-9,12-15,17-20H2,1-2H3. The maximum Gasteiger partial charge on any atom is 0.127 e. The minimum Gasteiger partial charge on any atom is -0.207 e. The summed E-state index contributed by atoms with van der Waals surface area (Å²) in [5, 5.41) is 0. The monoisotopic (exact) mass is 410 g/mol. The molecule has 0 aromatic heterocycles. The second-order valence-electron chi connectivity index (χ2n) is 10.1. The lowest BCUT2D eigenvalue weighted by Crippen LogP contribution is -2.25. The van der Waals surface area contributed by atoms with Gasteiger partial charge in [0.25, 0.3) is 0 Å². The van der Waals surface area contributed by atoms with E-state index >= 15 is 0 Å². The first-order chi connectivity index (χ1) is 14.7. The molecule has 0 aliphatic heterocycles. The highest BCUT2D eigenvalue weighted by molar-refractivity contribution is 5.37. The van der Waals surface area contributed by atoms with Gasteiger partial charge in [0.15, 0.2) is 0 Å². The van der Waals surface area contributed by atoms with Crippen LogP contribution < -0.4 is 0 Å². The summed E-state index contributed by atoms with van der Waals surface area (Å²) in [5.41, 5.74) is 1.66. The van der Waals surface area contributed by atoms with Crippen LogP contribution in [0, 0.1) is 41.3 Å². The normalized spacial score (nSPS) is 26.8. The molecule has 0 saturated heterocycles. The van der Waals surface area contributed by atoms with Gasteiger partial charge in [0, 0.05) is 11.5 Å². The minimum absolute atomic E-state index is 0.0895. The Labute approximate surface area is 185 Å². The molecule has 0 amide bonds. The first-order valence-corrected chi connectivity index (χ1v) is 13.0. The fraction of sp³-hybridized carbons (Fsp3) is 0.724. The molecule has 1 aromatic rings. The highest BCUT2D eigenvalue weighted by Gasteiger charge is 2.30. The van der Waals surface area contributed by atoms with Crippen LogP contribution in [0.2, 0.25) is 0 Å². The Morgan fingerprint density at radius 2 is 1.53 bits per heavy atom. The summed E-state index contributed by atoms with van der Waals surface area (Å²) < 4.78 is 14.1. The van der Waals surface area contributed by atoms with Crippen molar-refractivity contribution in [1.29, 1.82) is 0 Å². The van der Waals surface area contributed by atoms with Crippen LogP contribution in [0.15, 0.2) is 18.2 Å². The van der Waals surface area contributed by atoms with Gasteiger partial charge in [0.2, 0.25) is 0 Å². The van der Waals surface area contributed by atoms with Crippen molar-refractivity contribution < 1.29 is 4.39 Å². The number of aryl methyl sites for hydroxylation is 1. The molecule has 1 heteroatoms. The fourth-order valence-corrected chi connectivity index (χ4v) is 5.83. The first-order valence-electron chi connectivity index (χ1n) is 13.0. The van der Waals surface area contributed by atoms with Crippen molar-refractivity contribution in [3.8, 4) is 11.8 Å². The lowest BCUT2D eigenvalue weighted by atomic mass is 9.69. The van der Waals surface area contributed by atoms with Crippen molar-refractivity contribution in [3.63, 3.8) is 0 Å². The molecule has 2 aliphatic carbocycles. The number of hydrogen-bond donors (Lipinski definition) is 0. The van der Waals surface area contributed by atoms with E-state index < -0.39 is 0 Å². The quantitative estimate of drug-likeness (QED) is 0.297. The largest absolute Gasteiger partial charge is 0.207 e. The van der Waals surface area contributed by atoms with E-state index in [-0.39, 0.29) is 5.82 Å². The lowest BCUT2D eigenvalue weighted by molar-refractivity contribution is 0.153. The average Bonchev–Trinajstić information content (AvgIpc) is 2.78. The average molecular weight is 411 g/mol. The first kappa shape index (κ1) is 23.4. The third-order valence-corrected chi connectivity index (χ3v) is 7.79. The summed E-state index contributed by atoms with van der Waals surface area (Å²) in [5.74, 6) is 10.1. The Kier molecular flexibility index (Phi) is 9.77. The molecule has 2 saturated carbocycles. The molecule has 0 radical (unpaired) electrons. The molecule has 0 atom stereocenters. The second-order valence-corrected chi connectivity index (χ2v) is 10.1. The van der Waals surface area contributed by atoms with Crippen molar-refractivity contribution in [2.24, 2.45) is 23.7 Å². The van der Waals surface area contributed by atoms with E-state index in [1.54, 1.807) is 6.07 Å². The highest BCUT2D eigenvalue weighted by Crippen LogP contribution is 2.42. The van der Waals surface area contributed by atoms with Crippen LogP contribution in [0.5, 0.6) is 0 Å². The van der Waals surface area contributed by atoms with E-state index in [1.165, 1.54) is 83.5 Å². The molecule has 0 heterocycles. The van der Waals surface area contributed by atoms with Crippen molar-refractivity contribution >= 4 is 0 Å². The van der Waals surface area contributed by atoms with Crippen LogP contribution in [-0.4, -0.2) is 0 Å². The molecule has 166 valence electrons. The van der Waals surface area contributed by atoms with Crippen LogP contribution >= 0.6 is 0 Å². The smallest absolute Gasteiger partial charge is 0.127 e. The van der Waals surface area contributed by atoms with E-state index in [4.69, 9.17) is 0 Å².